The molecule has 0 saturated carbocycles. The number of ketones is 1. The maximum absolute atomic E-state index is 11.6. The zero-order valence-corrected chi connectivity index (χ0v) is 12.5. The van der Waals surface area contributed by atoms with Crippen LogP contribution in [0.15, 0.2) is 30.3 Å². The molecule has 0 aliphatic rings. The highest BCUT2D eigenvalue weighted by Crippen LogP contribution is 2.28. The zero-order valence-electron chi connectivity index (χ0n) is 12.5. The summed E-state index contributed by atoms with van der Waals surface area (Å²) >= 11 is 0. The highest BCUT2D eigenvalue weighted by atomic mass is 16.6. The van der Waals surface area contributed by atoms with E-state index in [0.29, 0.717) is 17.0 Å². The molecule has 0 bridgehead atoms. The molecule has 0 fully saturated rings. The molecule has 0 aliphatic heterocycles. The summed E-state index contributed by atoms with van der Waals surface area (Å²) in [7, 11) is 1.74. The molecule has 108 valence electrons. The molecule has 0 spiro atoms. The first-order valence-electron chi connectivity index (χ1n) is 6.59. The highest BCUT2D eigenvalue weighted by molar-refractivity contribution is 5.95. The zero-order chi connectivity index (χ0) is 15.7. The number of hydrogen-bond donors (Lipinski definition) is 0. The van der Waals surface area contributed by atoms with E-state index in [4.69, 9.17) is 0 Å². The van der Waals surface area contributed by atoms with Gasteiger partial charge >= 0.3 is 5.69 Å². The second kappa shape index (κ2) is 5.44. The minimum absolute atomic E-state index is 0.0582. The number of nitrogens with zero attached hydrogens (tertiary/aromatic N) is 2. The average Bonchev–Trinajstić information content (AvgIpc) is 2.42. The van der Waals surface area contributed by atoms with Gasteiger partial charge in [-0.25, -0.2) is 0 Å². The molecule has 0 radical (unpaired) electrons. The molecule has 5 nitrogen and oxygen atoms in total. The number of Topliss-reactive ketones (excluding diaryl/α,β-unsaturated/α-hetero) is 1. The van der Waals surface area contributed by atoms with E-state index in [0.717, 1.165) is 11.1 Å². The second-order valence-electron chi connectivity index (χ2n) is 5.12. The molecule has 2 rings (SSSR count). The van der Waals surface area contributed by atoms with Gasteiger partial charge in [-0.3, -0.25) is 14.9 Å². The van der Waals surface area contributed by atoms with Gasteiger partial charge in [0, 0.05) is 13.0 Å². The lowest BCUT2D eigenvalue weighted by Gasteiger charge is -2.07. The predicted molar refractivity (Wildman–Crippen MR) is 79.2 cm³/mol. The van der Waals surface area contributed by atoms with Gasteiger partial charge in [0.15, 0.2) is 11.5 Å². The van der Waals surface area contributed by atoms with E-state index in [2.05, 4.69) is 0 Å². The fourth-order valence-electron chi connectivity index (χ4n) is 2.38. The van der Waals surface area contributed by atoms with Crippen molar-refractivity contribution < 1.29 is 14.3 Å². The number of aromatic nitrogens is 1. The first-order chi connectivity index (χ1) is 9.82. The minimum Gasteiger partial charge on any atom is -0.294 e. The van der Waals surface area contributed by atoms with E-state index in [9.17, 15) is 14.9 Å². The van der Waals surface area contributed by atoms with E-state index in [-0.39, 0.29) is 11.5 Å². The van der Waals surface area contributed by atoms with Gasteiger partial charge in [0.25, 0.3) is 5.69 Å². The van der Waals surface area contributed by atoms with E-state index in [1.807, 2.05) is 31.2 Å². The van der Waals surface area contributed by atoms with Crippen LogP contribution < -0.4 is 4.57 Å². The Morgan fingerprint density at radius 2 is 1.76 bits per heavy atom. The maximum Gasteiger partial charge on any atom is 0.341 e. The van der Waals surface area contributed by atoms with E-state index in [1.165, 1.54) is 13.0 Å². The average molecular weight is 285 g/mol. The van der Waals surface area contributed by atoms with Gasteiger partial charge in [0.05, 0.1) is 16.1 Å². The Bertz CT molecular complexity index is 734. The van der Waals surface area contributed by atoms with E-state index >= 15 is 0 Å². The highest BCUT2D eigenvalue weighted by Gasteiger charge is 2.30. The lowest BCUT2D eigenvalue weighted by molar-refractivity contribution is -0.669. The van der Waals surface area contributed by atoms with Crippen LogP contribution in [0.25, 0.3) is 11.3 Å². The number of benzene rings is 1. The first kappa shape index (κ1) is 14.8. The molecule has 1 aromatic carbocycles. The molecule has 0 atom stereocenters. The van der Waals surface area contributed by atoms with Crippen LogP contribution in [0.3, 0.4) is 0 Å². The molecule has 0 saturated heterocycles. The third-order valence-electron chi connectivity index (χ3n) is 3.65. The number of carbonyl (C=O) groups is 1. The van der Waals surface area contributed by atoms with E-state index in [1.54, 1.807) is 18.5 Å². The third-order valence-corrected chi connectivity index (χ3v) is 3.65. The molecular formula is C16H17N2O3+. The molecule has 1 heterocycles. The van der Waals surface area contributed by atoms with Crippen molar-refractivity contribution in [2.24, 2.45) is 7.05 Å². The summed E-state index contributed by atoms with van der Waals surface area (Å²) < 4.78 is 1.71. The normalized spacial score (nSPS) is 10.5. The van der Waals surface area contributed by atoms with Gasteiger partial charge in [-0.2, -0.15) is 4.57 Å². The largest absolute Gasteiger partial charge is 0.341 e. The molecular weight excluding hydrogens is 268 g/mol. The van der Waals surface area contributed by atoms with Gasteiger partial charge in [-0.05, 0) is 26.0 Å². The lowest BCUT2D eigenvalue weighted by Crippen LogP contribution is -2.37. The molecule has 5 heteroatoms. The van der Waals surface area contributed by atoms with Gasteiger partial charge in [-0.1, -0.05) is 17.7 Å². The van der Waals surface area contributed by atoms with Crippen molar-refractivity contribution in [1.82, 2.24) is 0 Å². The summed E-state index contributed by atoms with van der Waals surface area (Å²) in [4.78, 5) is 22.6. The Balaban J connectivity index is 2.81. The topological polar surface area (TPSA) is 64.1 Å². The van der Waals surface area contributed by atoms with Crippen LogP contribution >= 0.6 is 0 Å². The number of nitro groups is 1. The summed E-state index contributed by atoms with van der Waals surface area (Å²) in [5.74, 6) is -0.179. The Hall–Kier alpha value is -2.56. The van der Waals surface area contributed by atoms with Gasteiger partial charge in [0.2, 0.25) is 0 Å². The molecule has 2 aromatic rings. The molecule has 1 aromatic heterocycles. The van der Waals surface area contributed by atoms with Crippen molar-refractivity contribution in [3.05, 3.63) is 57.3 Å². The Labute approximate surface area is 123 Å². The monoisotopic (exact) mass is 285 g/mol. The Morgan fingerprint density at radius 3 is 2.24 bits per heavy atom. The summed E-state index contributed by atoms with van der Waals surface area (Å²) in [6.07, 6.45) is 0. The minimum atomic E-state index is -0.443. The first-order valence-corrected chi connectivity index (χ1v) is 6.59. The van der Waals surface area contributed by atoms with Crippen molar-refractivity contribution >= 4 is 11.5 Å². The van der Waals surface area contributed by atoms with Crippen LogP contribution in [-0.4, -0.2) is 10.7 Å². The molecule has 0 aliphatic carbocycles. The van der Waals surface area contributed by atoms with Crippen molar-refractivity contribution in [2.45, 2.75) is 20.8 Å². The van der Waals surface area contributed by atoms with Crippen molar-refractivity contribution in [3.63, 3.8) is 0 Å². The molecule has 0 unspecified atom stereocenters. The fraction of sp³-hybridized carbons (Fsp3) is 0.250. The van der Waals surface area contributed by atoms with Gasteiger partial charge < -0.3 is 0 Å². The summed E-state index contributed by atoms with van der Waals surface area (Å²) in [6, 6.07) is 8.89. The second-order valence-corrected chi connectivity index (χ2v) is 5.12. The quantitative estimate of drug-likeness (QED) is 0.377. The van der Waals surface area contributed by atoms with Gasteiger partial charge in [-0.15, -0.1) is 0 Å². The molecule has 0 N–H and O–H groups in total. The predicted octanol–water partition coefficient (Wildman–Crippen LogP) is 2.91. The van der Waals surface area contributed by atoms with Crippen LogP contribution in [0.1, 0.15) is 28.5 Å². The van der Waals surface area contributed by atoms with Crippen LogP contribution in [0, 0.1) is 24.0 Å². The van der Waals surface area contributed by atoms with Crippen molar-refractivity contribution in [2.75, 3.05) is 0 Å². The number of rotatable bonds is 3. The van der Waals surface area contributed by atoms with E-state index < -0.39 is 4.92 Å². The Morgan fingerprint density at radius 1 is 1.19 bits per heavy atom. The number of pyridine rings is 1. The molecule has 0 amide bonds. The summed E-state index contributed by atoms with van der Waals surface area (Å²) in [5, 5.41) is 11.4. The number of hydrogen-bond acceptors (Lipinski definition) is 3. The lowest BCUT2D eigenvalue weighted by atomic mass is 10.0. The standard InChI is InChI=1S/C16H17N2O3/c1-10-5-7-13(8-6-10)16-15(18(20)21)9-14(12(3)19)11(2)17(16)4/h5-9H,1-4H3/q+1. The Kier molecular flexibility index (Phi) is 3.84. The smallest absolute Gasteiger partial charge is 0.294 e. The molecule has 21 heavy (non-hydrogen) atoms. The van der Waals surface area contributed by atoms with Crippen LogP contribution in [0.4, 0.5) is 5.69 Å². The van der Waals surface area contributed by atoms with Crippen molar-refractivity contribution in [1.29, 1.82) is 0 Å². The van der Waals surface area contributed by atoms with Crippen LogP contribution in [0.2, 0.25) is 0 Å². The number of aryl methyl sites for hydroxylation is 1. The summed E-state index contributed by atoms with van der Waals surface area (Å²) in [6.45, 7) is 5.16. The SMILES string of the molecule is CC(=O)c1cc([N+](=O)[O-])c(-c2ccc(C)cc2)[n+](C)c1C. The number of carbonyl (C=O) groups excluding carboxylic acids is 1. The van der Waals surface area contributed by atoms with Crippen LogP contribution in [-0.2, 0) is 7.05 Å². The van der Waals surface area contributed by atoms with Crippen LogP contribution in [0.5, 0.6) is 0 Å². The third kappa shape index (κ3) is 2.67. The maximum atomic E-state index is 11.6. The fourth-order valence-corrected chi connectivity index (χ4v) is 2.38. The summed E-state index contributed by atoms with van der Waals surface area (Å²) in [5.41, 5.74) is 3.37. The van der Waals surface area contributed by atoms with Crippen molar-refractivity contribution in [3.8, 4) is 11.3 Å². The van der Waals surface area contributed by atoms with Gasteiger partial charge in [0.1, 0.15) is 7.05 Å².